The van der Waals surface area contributed by atoms with Gasteiger partial charge in [0.05, 0.1) is 6.04 Å². The van der Waals surface area contributed by atoms with Gasteiger partial charge in [0.15, 0.2) is 0 Å². The van der Waals surface area contributed by atoms with Crippen molar-refractivity contribution < 1.29 is 4.79 Å². The van der Waals surface area contributed by atoms with Gasteiger partial charge >= 0.3 is 0 Å². The SMILES string of the molecule is CNCCN(C)C(=O)[C@@H]1CCCCN1. The summed E-state index contributed by atoms with van der Waals surface area (Å²) < 4.78 is 0. The van der Waals surface area contributed by atoms with E-state index < -0.39 is 0 Å². The number of hydrogen-bond donors (Lipinski definition) is 2. The van der Waals surface area contributed by atoms with Gasteiger partial charge in [0.2, 0.25) is 5.91 Å². The molecule has 1 rings (SSSR count). The largest absolute Gasteiger partial charge is 0.343 e. The fraction of sp³-hybridized carbons (Fsp3) is 0.900. The quantitative estimate of drug-likeness (QED) is 0.659. The van der Waals surface area contributed by atoms with E-state index in [0.717, 1.165) is 26.1 Å². The molecule has 1 amide bonds. The second-order valence-electron chi connectivity index (χ2n) is 3.87. The van der Waals surface area contributed by atoms with Crippen molar-refractivity contribution in [2.45, 2.75) is 25.3 Å². The lowest BCUT2D eigenvalue weighted by Crippen LogP contribution is -2.48. The minimum Gasteiger partial charge on any atom is -0.343 e. The molecule has 1 atom stereocenters. The third-order valence-corrected chi connectivity index (χ3v) is 2.68. The smallest absolute Gasteiger partial charge is 0.239 e. The predicted octanol–water partition coefficient (Wildman–Crippen LogP) is -0.194. The Morgan fingerprint density at radius 1 is 1.57 bits per heavy atom. The van der Waals surface area contributed by atoms with Crippen molar-refractivity contribution in [2.24, 2.45) is 0 Å². The van der Waals surface area contributed by atoms with Crippen LogP contribution in [0.25, 0.3) is 0 Å². The molecular formula is C10H21N3O. The summed E-state index contributed by atoms with van der Waals surface area (Å²) in [5, 5.41) is 6.31. The number of carbonyl (C=O) groups excluding carboxylic acids is 1. The van der Waals surface area contributed by atoms with Crippen LogP contribution in [0.2, 0.25) is 0 Å². The summed E-state index contributed by atoms with van der Waals surface area (Å²) in [6.45, 7) is 2.62. The zero-order chi connectivity index (χ0) is 10.4. The molecule has 0 aromatic heterocycles. The average Bonchev–Trinajstić information content (AvgIpc) is 2.26. The second kappa shape index (κ2) is 5.98. The number of rotatable bonds is 4. The van der Waals surface area contributed by atoms with Gasteiger partial charge in [-0.05, 0) is 26.4 Å². The molecule has 2 N–H and O–H groups in total. The maximum atomic E-state index is 11.8. The number of amides is 1. The van der Waals surface area contributed by atoms with Gasteiger partial charge in [-0.1, -0.05) is 6.42 Å². The molecule has 1 saturated heterocycles. The van der Waals surface area contributed by atoms with E-state index in [4.69, 9.17) is 0 Å². The van der Waals surface area contributed by atoms with Crippen molar-refractivity contribution in [1.29, 1.82) is 0 Å². The van der Waals surface area contributed by atoms with E-state index >= 15 is 0 Å². The minimum atomic E-state index is 0.0607. The molecular weight excluding hydrogens is 178 g/mol. The standard InChI is InChI=1S/C10H21N3O/c1-11-7-8-13(2)10(14)9-5-3-4-6-12-9/h9,11-12H,3-8H2,1-2H3/t9-/m0/s1. The Morgan fingerprint density at radius 3 is 2.93 bits per heavy atom. The van der Waals surface area contributed by atoms with E-state index in [1.807, 2.05) is 14.1 Å². The van der Waals surface area contributed by atoms with E-state index in [1.165, 1.54) is 12.8 Å². The summed E-state index contributed by atoms with van der Waals surface area (Å²) in [7, 11) is 3.77. The van der Waals surface area contributed by atoms with Crippen LogP contribution in [0.4, 0.5) is 0 Å². The Labute approximate surface area is 86.0 Å². The third kappa shape index (κ3) is 3.27. The fourth-order valence-corrected chi connectivity index (χ4v) is 1.72. The fourth-order valence-electron chi connectivity index (χ4n) is 1.72. The minimum absolute atomic E-state index is 0.0607. The molecule has 14 heavy (non-hydrogen) atoms. The highest BCUT2D eigenvalue weighted by atomic mass is 16.2. The van der Waals surface area contributed by atoms with E-state index in [1.54, 1.807) is 4.90 Å². The highest BCUT2D eigenvalue weighted by Gasteiger charge is 2.22. The molecule has 1 aliphatic heterocycles. The van der Waals surface area contributed by atoms with Crippen LogP contribution < -0.4 is 10.6 Å². The summed E-state index contributed by atoms with van der Waals surface area (Å²) in [6, 6.07) is 0.0607. The van der Waals surface area contributed by atoms with Gasteiger partial charge in [0.25, 0.3) is 0 Å². The van der Waals surface area contributed by atoms with E-state index in [2.05, 4.69) is 10.6 Å². The number of piperidine rings is 1. The van der Waals surface area contributed by atoms with Gasteiger partial charge in [-0.2, -0.15) is 0 Å². The summed E-state index contributed by atoms with van der Waals surface area (Å²) in [4.78, 5) is 13.6. The zero-order valence-corrected chi connectivity index (χ0v) is 9.18. The lowest BCUT2D eigenvalue weighted by atomic mass is 10.0. The molecule has 4 nitrogen and oxygen atoms in total. The lowest BCUT2D eigenvalue weighted by Gasteiger charge is -2.27. The first-order valence-corrected chi connectivity index (χ1v) is 5.38. The molecule has 1 heterocycles. The molecule has 0 aliphatic carbocycles. The molecule has 0 aromatic rings. The van der Waals surface area contributed by atoms with Crippen molar-refractivity contribution in [3.8, 4) is 0 Å². The molecule has 0 saturated carbocycles. The zero-order valence-electron chi connectivity index (χ0n) is 9.18. The first kappa shape index (κ1) is 11.5. The predicted molar refractivity (Wildman–Crippen MR) is 57.2 cm³/mol. The van der Waals surface area contributed by atoms with Crippen LogP contribution in [0.1, 0.15) is 19.3 Å². The number of hydrogen-bond acceptors (Lipinski definition) is 3. The Morgan fingerprint density at radius 2 is 2.36 bits per heavy atom. The van der Waals surface area contributed by atoms with E-state index in [-0.39, 0.29) is 11.9 Å². The molecule has 4 heteroatoms. The van der Waals surface area contributed by atoms with Crippen molar-refractivity contribution in [3.05, 3.63) is 0 Å². The highest BCUT2D eigenvalue weighted by Crippen LogP contribution is 2.08. The van der Waals surface area contributed by atoms with Crippen LogP contribution in [0.3, 0.4) is 0 Å². The maximum Gasteiger partial charge on any atom is 0.239 e. The first-order valence-electron chi connectivity index (χ1n) is 5.38. The van der Waals surface area contributed by atoms with Crippen LogP contribution in [0.15, 0.2) is 0 Å². The Hall–Kier alpha value is -0.610. The van der Waals surface area contributed by atoms with Gasteiger partial charge in [-0.3, -0.25) is 4.79 Å². The monoisotopic (exact) mass is 199 g/mol. The lowest BCUT2D eigenvalue weighted by molar-refractivity contribution is -0.132. The van der Waals surface area contributed by atoms with Crippen LogP contribution in [-0.2, 0) is 4.79 Å². The summed E-state index contributed by atoms with van der Waals surface area (Å²) >= 11 is 0. The van der Waals surface area contributed by atoms with Crippen molar-refractivity contribution in [3.63, 3.8) is 0 Å². The van der Waals surface area contributed by atoms with Gasteiger partial charge in [-0.15, -0.1) is 0 Å². The third-order valence-electron chi connectivity index (χ3n) is 2.68. The second-order valence-corrected chi connectivity index (χ2v) is 3.87. The Balaban J connectivity index is 2.30. The van der Waals surface area contributed by atoms with Gasteiger partial charge in [-0.25, -0.2) is 0 Å². The molecule has 0 radical (unpaired) electrons. The van der Waals surface area contributed by atoms with E-state index in [0.29, 0.717) is 0 Å². The molecule has 0 spiro atoms. The van der Waals surface area contributed by atoms with Gasteiger partial charge in [0.1, 0.15) is 0 Å². The topological polar surface area (TPSA) is 44.4 Å². The number of nitrogens with one attached hydrogen (secondary N) is 2. The number of nitrogens with zero attached hydrogens (tertiary/aromatic N) is 1. The summed E-state index contributed by atoms with van der Waals surface area (Å²) in [6.07, 6.45) is 3.36. The van der Waals surface area contributed by atoms with Crippen LogP contribution >= 0.6 is 0 Å². The molecule has 1 aliphatic rings. The van der Waals surface area contributed by atoms with Crippen LogP contribution in [0, 0.1) is 0 Å². The molecule has 82 valence electrons. The number of carbonyl (C=O) groups is 1. The van der Waals surface area contributed by atoms with Gasteiger partial charge < -0.3 is 15.5 Å². The molecule has 0 bridgehead atoms. The normalized spacial score (nSPS) is 22.0. The summed E-state index contributed by atoms with van der Waals surface area (Å²) in [5.74, 6) is 0.236. The maximum absolute atomic E-state index is 11.8. The van der Waals surface area contributed by atoms with E-state index in [9.17, 15) is 4.79 Å². The number of likely N-dealkylation sites (N-methyl/N-ethyl adjacent to an activating group) is 2. The van der Waals surface area contributed by atoms with Crippen molar-refractivity contribution in [1.82, 2.24) is 15.5 Å². The average molecular weight is 199 g/mol. The van der Waals surface area contributed by atoms with Crippen molar-refractivity contribution >= 4 is 5.91 Å². The first-order chi connectivity index (χ1) is 6.75. The Bertz CT molecular complexity index is 178. The molecule has 0 unspecified atom stereocenters. The summed E-state index contributed by atoms with van der Waals surface area (Å²) in [5.41, 5.74) is 0. The Kier molecular flexibility index (Phi) is 4.90. The highest BCUT2D eigenvalue weighted by molar-refractivity contribution is 5.81. The van der Waals surface area contributed by atoms with Crippen LogP contribution in [-0.4, -0.2) is 50.6 Å². The van der Waals surface area contributed by atoms with Crippen LogP contribution in [0.5, 0.6) is 0 Å². The molecule has 0 aromatic carbocycles. The van der Waals surface area contributed by atoms with Crippen molar-refractivity contribution in [2.75, 3.05) is 33.7 Å². The van der Waals surface area contributed by atoms with Gasteiger partial charge in [0, 0.05) is 20.1 Å². The molecule has 1 fully saturated rings.